The van der Waals surface area contributed by atoms with E-state index >= 15 is 0 Å². The summed E-state index contributed by atoms with van der Waals surface area (Å²) in [6.07, 6.45) is 8.33. The number of halogens is 1. The van der Waals surface area contributed by atoms with Crippen LogP contribution in [-0.4, -0.2) is 32.2 Å². The molecule has 0 aliphatic heterocycles. The Hall–Kier alpha value is -3.50. The fourth-order valence-corrected chi connectivity index (χ4v) is 3.73. The molecule has 1 N–H and O–H groups in total. The lowest BCUT2D eigenvalue weighted by Gasteiger charge is -2.14. The number of anilines is 1. The quantitative estimate of drug-likeness (QED) is 0.129. The van der Waals surface area contributed by atoms with E-state index in [1.807, 2.05) is 13.0 Å². The van der Waals surface area contributed by atoms with Crippen molar-refractivity contribution in [2.24, 2.45) is 0 Å². The minimum Gasteiger partial charge on any atom is -0.490 e. The number of amides is 1. The third-order valence-electron chi connectivity index (χ3n) is 5.32. The highest BCUT2D eigenvalue weighted by Crippen LogP contribution is 2.37. The van der Waals surface area contributed by atoms with Crippen molar-refractivity contribution in [3.05, 3.63) is 58.1 Å². The lowest BCUT2D eigenvalue weighted by molar-refractivity contribution is -0.112. The lowest BCUT2D eigenvalue weighted by atomic mass is 10.1. The molecule has 0 spiro atoms. The van der Waals surface area contributed by atoms with Crippen molar-refractivity contribution in [1.82, 2.24) is 0 Å². The number of benzene rings is 2. The van der Waals surface area contributed by atoms with E-state index in [-0.39, 0.29) is 5.57 Å². The van der Waals surface area contributed by atoms with E-state index in [1.165, 1.54) is 51.0 Å². The van der Waals surface area contributed by atoms with Crippen LogP contribution in [0.4, 0.5) is 5.69 Å². The summed E-state index contributed by atoms with van der Waals surface area (Å²) in [5.41, 5.74) is 1.19. The van der Waals surface area contributed by atoms with Crippen molar-refractivity contribution in [3.8, 4) is 17.6 Å². The summed E-state index contributed by atoms with van der Waals surface area (Å²) in [6.45, 7) is 4.98. The zero-order chi connectivity index (χ0) is 26.3. The number of hydrogen-bond acceptors (Lipinski definition) is 6. The van der Waals surface area contributed by atoms with Crippen LogP contribution in [0.5, 0.6) is 11.5 Å². The van der Waals surface area contributed by atoms with Crippen molar-refractivity contribution >= 4 is 35.2 Å². The second-order valence-corrected chi connectivity index (χ2v) is 8.48. The fraction of sp³-hybridized carbons (Fsp3) is 0.393. The number of nitriles is 1. The maximum Gasteiger partial charge on any atom is 0.337 e. The van der Waals surface area contributed by atoms with Crippen LogP contribution in [0.1, 0.15) is 68.3 Å². The van der Waals surface area contributed by atoms with Gasteiger partial charge in [-0.25, -0.2) is 4.79 Å². The van der Waals surface area contributed by atoms with Gasteiger partial charge in [0.15, 0.2) is 11.5 Å². The van der Waals surface area contributed by atoms with Crippen molar-refractivity contribution in [2.75, 3.05) is 25.6 Å². The molecule has 2 aromatic carbocycles. The minimum atomic E-state index is -0.596. The third kappa shape index (κ3) is 8.94. The summed E-state index contributed by atoms with van der Waals surface area (Å²) in [6, 6.07) is 11.4. The first kappa shape index (κ1) is 28.7. The standard InChI is InChI=1S/C28H33ClN2O5/c1-4-6-7-8-9-10-15-36-26-24(29)17-20(18-25(26)35-5-2)16-22(19-30)27(32)31-23-13-11-21(12-14-23)28(33)34-3/h11-14,16-18H,4-10,15H2,1-3H3,(H,31,32)/b22-16-. The molecule has 0 fully saturated rings. The Morgan fingerprint density at radius 1 is 1.03 bits per heavy atom. The van der Waals surface area contributed by atoms with E-state index < -0.39 is 11.9 Å². The number of unbranched alkanes of at least 4 members (excludes halogenated alkanes) is 5. The summed E-state index contributed by atoms with van der Waals surface area (Å²) in [5, 5.41) is 12.6. The molecule has 0 saturated heterocycles. The molecule has 2 aromatic rings. The maximum atomic E-state index is 12.7. The predicted octanol–water partition coefficient (Wildman–Crippen LogP) is 6.81. The van der Waals surface area contributed by atoms with Crippen LogP contribution in [0, 0.1) is 11.3 Å². The van der Waals surface area contributed by atoms with Crippen molar-refractivity contribution < 1.29 is 23.8 Å². The molecule has 0 bridgehead atoms. The van der Waals surface area contributed by atoms with Crippen LogP contribution in [0.25, 0.3) is 6.08 Å². The van der Waals surface area contributed by atoms with Gasteiger partial charge in [0.2, 0.25) is 0 Å². The number of carbonyl (C=O) groups excluding carboxylic acids is 2. The summed E-state index contributed by atoms with van der Waals surface area (Å²) in [7, 11) is 1.29. The van der Waals surface area contributed by atoms with E-state index in [0.717, 1.165) is 12.8 Å². The highest BCUT2D eigenvalue weighted by atomic mass is 35.5. The van der Waals surface area contributed by atoms with Crippen LogP contribution in [0.15, 0.2) is 42.0 Å². The zero-order valence-electron chi connectivity index (χ0n) is 21.1. The topological polar surface area (TPSA) is 97.7 Å². The molecule has 36 heavy (non-hydrogen) atoms. The Labute approximate surface area is 218 Å². The molecule has 0 atom stereocenters. The lowest BCUT2D eigenvalue weighted by Crippen LogP contribution is -2.13. The van der Waals surface area contributed by atoms with Crippen LogP contribution >= 0.6 is 11.6 Å². The molecule has 2 rings (SSSR count). The van der Waals surface area contributed by atoms with Gasteiger partial charge in [-0.1, -0.05) is 50.6 Å². The average Bonchev–Trinajstić information content (AvgIpc) is 2.88. The van der Waals surface area contributed by atoms with Gasteiger partial charge in [0, 0.05) is 5.69 Å². The van der Waals surface area contributed by atoms with Crippen molar-refractivity contribution in [3.63, 3.8) is 0 Å². The molecule has 0 aromatic heterocycles. The van der Waals surface area contributed by atoms with E-state index in [1.54, 1.807) is 24.3 Å². The van der Waals surface area contributed by atoms with Crippen molar-refractivity contribution in [2.45, 2.75) is 52.4 Å². The van der Waals surface area contributed by atoms with Gasteiger partial charge < -0.3 is 19.5 Å². The molecular weight excluding hydrogens is 480 g/mol. The number of methoxy groups -OCH3 is 1. The Bertz CT molecular complexity index is 1090. The molecular formula is C28H33ClN2O5. The molecule has 0 aliphatic rings. The van der Waals surface area contributed by atoms with Crippen LogP contribution < -0.4 is 14.8 Å². The second kappa shape index (κ2) is 15.5. The first-order valence-corrected chi connectivity index (χ1v) is 12.5. The van der Waals surface area contributed by atoms with E-state index in [4.69, 9.17) is 21.1 Å². The van der Waals surface area contributed by atoms with Crippen molar-refractivity contribution in [1.29, 1.82) is 5.26 Å². The number of ether oxygens (including phenoxy) is 3. The summed E-state index contributed by atoms with van der Waals surface area (Å²) in [4.78, 5) is 24.2. The van der Waals surface area contributed by atoms with E-state index in [9.17, 15) is 14.9 Å². The third-order valence-corrected chi connectivity index (χ3v) is 5.60. The van der Waals surface area contributed by atoms with E-state index in [0.29, 0.717) is 46.5 Å². The molecule has 8 heteroatoms. The molecule has 0 aliphatic carbocycles. The highest BCUT2D eigenvalue weighted by molar-refractivity contribution is 6.32. The number of esters is 1. The first-order chi connectivity index (χ1) is 17.4. The minimum absolute atomic E-state index is 0.119. The second-order valence-electron chi connectivity index (χ2n) is 8.07. The Morgan fingerprint density at radius 2 is 1.72 bits per heavy atom. The van der Waals surface area contributed by atoms with Gasteiger partial charge in [0.05, 0.1) is 30.9 Å². The molecule has 7 nitrogen and oxygen atoms in total. The number of carbonyl (C=O) groups is 2. The first-order valence-electron chi connectivity index (χ1n) is 12.1. The van der Waals surface area contributed by atoms with Crippen LogP contribution in [-0.2, 0) is 9.53 Å². The molecule has 0 radical (unpaired) electrons. The molecule has 1 amide bonds. The van der Waals surface area contributed by atoms with E-state index in [2.05, 4.69) is 17.0 Å². The summed E-state index contributed by atoms with van der Waals surface area (Å²) >= 11 is 6.48. The number of nitrogens with zero attached hydrogens (tertiary/aromatic N) is 1. The summed E-state index contributed by atoms with van der Waals surface area (Å²) in [5.74, 6) is -0.163. The Kier molecular flexibility index (Phi) is 12.4. The number of rotatable bonds is 14. The molecule has 0 saturated carbocycles. The van der Waals surface area contributed by atoms with Gasteiger partial charge in [-0.2, -0.15) is 5.26 Å². The largest absolute Gasteiger partial charge is 0.490 e. The van der Waals surface area contributed by atoms with Gasteiger partial charge in [0.25, 0.3) is 5.91 Å². The SMILES string of the molecule is CCCCCCCCOc1c(Cl)cc(/C=C(/C#N)C(=O)Nc2ccc(C(=O)OC)cc2)cc1OCC. The van der Waals surface area contributed by atoms with Gasteiger partial charge >= 0.3 is 5.97 Å². The summed E-state index contributed by atoms with van der Waals surface area (Å²) < 4.78 is 16.3. The smallest absolute Gasteiger partial charge is 0.337 e. The van der Waals surface area contributed by atoms with Gasteiger partial charge in [-0.3, -0.25) is 4.79 Å². The number of nitrogens with one attached hydrogen (secondary N) is 1. The zero-order valence-corrected chi connectivity index (χ0v) is 21.8. The Balaban J connectivity index is 2.12. The van der Waals surface area contributed by atoms with Crippen LogP contribution in [0.2, 0.25) is 5.02 Å². The van der Waals surface area contributed by atoms with Gasteiger partial charge in [-0.15, -0.1) is 0 Å². The average molecular weight is 513 g/mol. The number of hydrogen-bond donors (Lipinski definition) is 1. The van der Waals surface area contributed by atoms with Crippen LogP contribution in [0.3, 0.4) is 0 Å². The molecule has 0 heterocycles. The molecule has 0 unspecified atom stereocenters. The van der Waals surface area contributed by atoms with Gasteiger partial charge in [0.1, 0.15) is 11.6 Å². The Morgan fingerprint density at radius 3 is 2.36 bits per heavy atom. The highest BCUT2D eigenvalue weighted by Gasteiger charge is 2.15. The van der Waals surface area contributed by atoms with Gasteiger partial charge in [-0.05, 0) is 61.4 Å². The fourth-order valence-electron chi connectivity index (χ4n) is 3.45. The normalized spacial score (nSPS) is 10.9. The monoisotopic (exact) mass is 512 g/mol. The molecule has 192 valence electrons. The maximum absolute atomic E-state index is 12.7. The predicted molar refractivity (Wildman–Crippen MR) is 141 cm³/mol.